The summed E-state index contributed by atoms with van der Waals surface area (Å²) >= 11 is 0. The summed E-state index contributed by atoms with van der Waals surface area (Å²) in [6, 6.07) is 0. The van der Waals surface area contributed by atoms with Crippen LogP contribution in [0.2, 0.25) is 0 Å². The fourth-order valence-corrected chi connectivity index (χ4v) is 0.698. The molecule has 0 bridgehead atoms. The Kier molecular flexibility index (Phi) is 2.65. The van der Waals surface area contributed by atoms with Crippen molar-refractivity contribution < 1.29 is 9.42 Å². The molecular weight excluding hydrogens is 170 g/mol. The summed E-state index contributed by atoms with van der Waals surface area (Å²) in [5, 5.41) is 9.72. The van der Waals surface area contributed by atoms with Gasteiger partial charge in [0.15, 0.2) is 0 Å². The number of amides is 1. The van der Waals surface area contributed by atoms with Gasteiger partial charge in [-0.2, -0.15) is 0 Å². The van der Waals surface area contributed by atoms with E-state index in [0.29, 0.717) is 12.2 Å². The molecule has 0 aliphatic heterocycles. The lowest BCUT2D eigenvalue weighted by Crippen LogP contribution is -2.34. The third-order valence-corrected chi connectivity index (χ3v) is 1.52. The first-order valence-corrected chi connectivity index (χ1v) is 4.05. The van der Waals surface area contributed by atoms with E-state index < -0.39 is 0 Å². The summed E-state index contributed by atoms with van der Waals surface area (Å²) in [5.74, 6) is -0.0181. The first kappa shape index (κ1) is 9.70. The Hall–Kier alpha value is -1.39. The van der Waals surface area contributed by atoms with Crippen molar-refractivity contribution in [1.29, 1.82) is 0 Å². The van der Waals surface area contributed by atoms with Gasteiger partial charge in [0.1, 0.15) is 5.69 Å². The lowest BCUT2D eigenvalue weighted by molar-refractivity contribution is -0.128. The number of aromatic nitrogens is 2. The van der Waals surface area contributed by atoms with Crippen molar-refractivity contribution in [3.8, 4) is 0 Å². The summed E-state index contributed by atoms with van der Waals surface area (Å²) in [6.07, 6.45) is 1.48. The van der Waals surface area contributed by atoms with E-state index in [1.165, 1.54) is 6.20 Å². The van der Waals surface area contributed by atoms with E-state index in [1.807, 2.05) is 20.8 Å². The van der Waals surface area contributed by atoms with Crippen molar-refractivity contribution in [2.24, 2.45) is 5.41 Å². The Balaban J connectivity index is 2.40. The smallest absolute Gasteiger partial charge is 0.225 e. The molecule has 0 saturated heterocycles. The summed E-state index contributed by atoms with van der Waals surface area (Å²) in [7, 11) is 0. The monoisotopic (exact) mass is 183 g/mol. The number of hydrogen-bond acceptors (Lipinski definition) is 4. The zero-order valence-electron chi connectivity index (χ0n) is 8.00. The Morgan fingerprint density at radius 2 is 2.31 bits per heavy atom. The van der Waals surface area contributed by atoms with Gasteiger partial charge in [0.05, 0.1) is 12.7 Å². The zero-order chi connectivity index (χ0) is 9.90. The van der Waals surface area contributed by atoms with Gasteiger partial charge in [-0.05, 0) is 0 Å². The van der Waals surface area contributed by atoms with Crippen LogP contribution in [0.1, 0.15) is 26.5 Å². The van der Waals surface area contributed by atoms with Crippen LogP contribution in [0.4, 0.5) is 0 Å². The molecule has 0 aliphatic carbocycles. The second-order valence-corrected chi connectivity index (χ2v) is 3.83. The topological polar surface area (TPSA) is 68.0 Å². The minimum atomic E-state index is -0.378. The molecule has 0 spiro atoms. The third kappa shape index (κ3) is 2.85. The van der Waals surface area contributed by atoms with Gasteiger partial charge in [0, 0.05) is 5.41 Å². The van der Waals surface area contributed by atoms with Gasteiger partial charge in [0.2, 0.25) is 5.91 Å². The van der Waals surface area contributed by atoms with Crippen molar-refractivity contribution >= 4 is 5.91 Å². The van der Waals surface area contributed by atoms with Crippen LogP contribution >= 0.6 is 0 Å². The van der Waals surface area contributed by atoms with Crippen LogP contribution in [-0.2, 0) is 11.3 Å². The molecule has 0 saturated carbocycles. The van der Waals surface area contributed by atoms with Crippen molar-refractivity contribution in [3.05, 3.63) is 11.9 Å². The molecule has 0 radical (unpaired) electrons. The fraction of sp³-hybridized carbons (Fsp3) is 0.625. The molecule has 1 aromatic rings. The number of nitrogens with zero attached hydrogens (tertiary/aromatic N) is 2. The molecule has 0 atom stereocenters. The molecule has 0 aromatic carbocycles. The van der Waals surface area contributed by atoms with Gasteiger partial charge < -0.3 is 5.32 Å². The summed E-state index contributed by atoms with van der Waals surface area (Å²) in [5.41, 5.74) is 0.245. The minimum Gasteiger partial charge on any atom is -0.350 e. The van der Waals surface area contributed by atoms with Crippen LogP contribution in [0.15, 0.2) is 10.8 Å². The maximum Gasteiger partial charge on any atom is 0.225 e. The Morgan fingerprint density at radius 1 is 1.62 bits per heavy atom. The van der Waals surface area contributed by atoms with Crippen molar-refractivity contribution in [3.63, 3.8) is 0 Å². The van der Waals surface area contributed by atoms with Crippen LogP contribution in [-0.4, -0.2) is 16.2 Å². The highest BCUT2D eigenvalue weighted by Gasteiger charge is 2.20. The molecule has 13 heavy (non-hydrogen) atoms. The van der Waals surface area contributed by atoms with E-state index in [-0.39, 0.29) is 11.3 Å². The van der Waals surface area contributed by atoms with Crippen LogP contribution in [0, 0.1) is 5.41 Å². The van der Waals surface area contributed by atoms with Crippen molar-refractivity contribution in [2.45, 2.75) is 27.3 Å². The van der Waals surface area contributed by atoms with Crippen LogP contribution in [0.3, 0.4) is 0 Å². The van der Waals surface area contributed by atoms with E-state index in [1.54, 1.807) is 0 Å². The average molecular weight is 183 g/mol. The molecule has 1 heterocycles. The highest BCUT2D eigenvalue weighted by Crippen LogP contribution is 2.12. The third-order valence-electron chi connectivity index (χ3n) is 1.52. The van der Waals surface area contributed by atoms with Gasteiger partial charge in [-0.25, -0.2) is 4.63 Å². The second-order valence-electron chi connectivity index (χ2n) is 3.83. The first-order valence-electron chi connectivity index (χ1n) is 4.05. The number of carbonyl (C=O) groups excluding carboxylic acids is 1. The second kappa shape index (κ2) is 3.55. The number of nitrogens with one attached hydrogen (secondary N) is 1. The van der Waals surface area contributed by atoms with Crippen LogP contribution in [0.5, 0.6) is 0 Å². The maximum absolute atomic E-state index is 11.4. The molecular formula is C8H13N3O2. The fourth-order valence-electron chi connectivity index (χ4n) is 0.698. The predicted octanol–water partition coefficient (Wildman–Crippen LogP) is 0.732. The highest BCUT2D eigenvalue weighted by atomic mass is 16.6. The number of hydrogen-bond donors (Lipinski definition) is 1. The summed E-state index contributed by atoms with van der Waals surface area (Å²) < 4.78 is 4.38. The molecule has 5 heteroatoms. The Morgan fingerprint density at radius 3 is 2.77 bits per heavy atom. The van der Waals surface area contributed by atoms with Crippen molar-refractivity contribution in [1.82, 2.24) is 15.6 Å². The first-order chi connectivity index (χ1) is 6.00. The number of carbonyl (C=O) groups is 1. The average Bonchev–Trinajstić information content (AvgIpc) is 2.50. The van der Waals surface area contributed by atoms with Gasteiger partial charge in [-0.1, -0.05) is 31.1 Å². The molecule has 0 unspecified atom stereocenters. The van der Waals surface area contributed by atoms with Gasteiger partial charge >= 0.3 is 0 Å². The maximum atomic E-state index is 11.4. The molecule has 1 aromatic heterocycles. The molecule has 1 N–H and O–H groups in total. The van der Waals surface area contributed by atoms with Gasteiger partial charge in [0.25, 0.3) is 0 Å². The van der Waals surface area contributed by atoms with E-state index in [2.05, 4.69) is 20.3 Å². The van der Waals surface area contributed by atoms with E-state index in [4.69, 9.17) is 0 Å². The van der Waals surface area contributed by atoms with E-state index in [9.17, 15) is 4.79 Å². The van der Waals surface area contributed by atoms with Gasteiger partial charge in [-0.15, -0.1) is 0 Å². The standard InChI is InChI=1S/C8H13N3O2/c1-8(2,3)7(12)9-4-6-5-10-13-11-6/h5H,4H2,1-3H3,(H,9,12). The lowest BCUT2D eigenvalue weighted by atomic mass is 9.96. The molecule has 5 nitrogen and oxygen atoms in total. The number of rotatable bonds is 2. The minimum absolute atomic E-state index is 0.0181. The molecule has 1 rings (SSSR count). The van der Waals surface area contributed by atoms with Crippen molar-refractivity contribution in [2.75, 3.05) is 0 Å². The molecule has 0 fully saturated rings. The quantitative estimate of drug-likeness (QED) is 0.734. The summed E-state index contributed by atoms with van der Waals surface area (Å²) in [6.45, 7) is 5.91. The Bertz CT molecular complexity index is 274. The molecule has 0 aliphatic rings. The SMILES string of the molecule is CC(C)(C)C(=O)NCc1cnon1. The summed E-state index contributed by atoms with van der Waals surface area (Å²) in [4.78, 5) is 11.4. The normalized spacial score (nSPS) is 11.3. The largest absolute Gasteiger partial charge is 0.350 e. The highest BCUT2D eigenvalue weighted by molar-refractivity contribution is 5.81. The molecule has 72 valence electrons. The predicted molar refractivity (Wildman–Crippen MR) is 45.6 cm³/mol. The van der Waals surface area contributed by atoms with Crippen LogP contribution < -0.4 is 5.32 Å². The lowest BCUT2D eigenvalue weighted by Gasteiger charge is -2.16. The zero-order valence-corrected chi connectivity index (χ0v) is 8.00. The van der Waals surface area contributed by atoms with E-state index >= 15 is 0 Å². The van der Waals surface area contributed by atoms with Gasteiger partial charge in [-0.3, -0.25) is 4.79 Å². The Labute approximate surface area is 76.5 Å². The molecule has 1 amide bonds. The van der Waals surface area contributed by atoms with Crippen LogP contribution in [0.25, 0.3) is 0 Å². The van der Waals surface area contributed by atoms with E-state index in [0.717, 1.165) is 0 Å².